The molecule has 0 aliphatic carbocycles. The summed E-state index contributed by atoms with van der Waals surface area (Å²) in [7, 11) is 0. The van der Waals surface area contributed by atoms with Crippen molar-refractivity contribution in [1.82, 2.24) is 5.32 Å². The molecule has 0 aliphatic heterocycles. The SMILES string of the molecule is C=CC(CCc1ccc(CCC)cc1)CNC(C)C. The summed E-state index contributed by atoms with van der Waals surface area (Å²) in [4.78, 5) is 0. The Hall–Kier alpha value is -1.08. The Labute approximate surface area is 119 Å². The van der Waals surface area contributed by atoms with Gasteiger partial charge in [-0.25, -0.2) is 0 Å². The zero-order valence-corrected chi connectivity index (χ0v) is 12.8. The maximum Gasteiger partial charge on any atom is 0.00165 e. The first-order valence-electron chi connectivity index (χ1n) is 7.59. The lowest BCUT2D eigenvalue weighted by Gasteiger charge is -2.15. The smallest absolute Gasteiger partial charge is 0.00165 e. The highest BCUT2D eigenvalue weighted by atomic mass is 14.9. The van der Waals surface area contributed by atoms with Crippen LogP contribution in [0.1, 0.15) is 44.7 Å². The summed E-state index contributed by atoms with van der Waals surface area (Å²) in [6.45, 7) is 11.6. The van der Waals surface area contributed by atoms with Crippen LogP contribution in [-0.2, 0) is 12.8 Å². The molecule has 0 amide bonds. The van der Waals surface area contributed by atoms with Crippen molar-refractivity contribution >= 4 is 0 Å². The third-order valence-electron chi connectivity index (χ3n) is 3.49. The average Bonchev–Trinajstić information content (AvgIpc) is 2.41. The number of rotatable bonds is 9. The van der Waals surface area contributed by atoms with Crippen molar-refractivity contribution in [2.45, 2.75) is 52.5 Å². The number of nitrogens with one attached hydrogen (secondary N) is 1. The first-order chi connectivity index (χ1) is 9.15. The van der Waals surface area contributed by atoms with Gasteiger partial charge in [-0.2, -0.15) is 0 Å². The van der Waals surface area contributed by atoms with E-state index in [-0.39, 0.29) is 0 Å². The van der Waals surface area contributed by atoms with E-state index in [1.54, 1.807) is 0 Å². The lowest BCUT2D eigenvalue weighted by atomic mass is 9.98. The Morgan fingerprint density at radius 3 is 2.16 bits per heavy atom. The van der Waals surface area contributed by atoms with E-state index in [1.165, 1.54) is 30.4 Å². The molecule has 1 N–H and O–H groups in total. The van der Waals surface area contributed by atoms with Gasteiger partial charge in [-0.1, -0.05) is 57.5 Å². The first kappa shape index (κ1) is 16.0. The fraction of sp³-hybridized carbons (Fsp3) is 0.556. The monoisotopic (exact) mass is 259 g/mol. The summed E-state index contributed by atoms with van der Waals surface area (Å²) < 4.78 is 0. The maximum atomic E-state index is 3.95. The number of aryl methyl sites for hydroxylation is 2. The molecule has 0 fully saturated rings. The molecule has 1 rings (SSSR count). The Balaban J connectivity index is 2.39. The topological polar surface area (TPSA) is 12.0 Å². The average molecular weight is 259 g/mol. The number of benzene rings is 1. The molecule has 0 spiro atoms. The van der Waals surface area contributed by atoms with Crippen molar-refractivity contribution in [3.05, 3.63) is 48.0 Å². The van der Waals surface area contributed by atoms with Crippen LogP contribution in [0, 0.1) is 5.92 Å². The molecule has 1 aromatic carbocycles. The van der Waals surface area contributed by atoms with Crippen LogP contribution in [0.3, 0.4) is 0 Å². The van der Waals surface area contributed by atoms with Crippen LogP contribution in [0.2, 0.25) is 0 Å². The summed E-state index contributed by atoms with van der Waals surface area (Å²) >= 11 is 0. The fourth-order valence-corrected chi connectivity index (χ4v) is 2.20. The van der Waals surface area contributed by atoms with E-state index >= 15 is 0 Å². The summed E-state index contributed by atoms with van der Waals surface area (Å²) in [6.07, 6.45) is 6.81. The van der Waals surface area contributed by atoms with Gasteiger partial charge in [-0.15, -0.1) is 6.58 Å². The van der Waals surface area contributed by atoms with E-state index < -0.39 is 0 Å². The molecule has 0 radical (unpaired) electrons. The van der Waals surface area contributed by atoms with E-state index in [0.717, 1.165) is 13.0 Å². The molecule has 0 heterocycles. The van der Waals surface area contributed by atoms with E-state index in [4.69, 9.17) is 0 Å². The van der Waals surface area contributed by atoms with E-state index in [2.05, 4.69) is 63.0 Å². The van der Waals surface area contributed by atoms with Gasteiger partial charge in [-0.3, -0.25) is 0 Å². The van der Waals surface area contributed by atoms with Gasteiger partial charge in [0.05, 0.1) is 0 Å². The largest absolute Gasteiger partial charge is 0.314 e. The molecule has 1 atom stereocenters. The summed E-state index contributed by atoms with van der Waals surface area (Å²) in [5.41, 5.74) is 2.89. The van der Waals surface area contributed by atoms with Gasteiger partial charge in [0.2, 0.25) is 0 Å². The molecule has 106 valence electrons. The highest BCUT2D eigenvalue weighted by molar-refractivity contribution is 5.22. The molecule has 0 saturated heterocycles. The Bertz CT molecular complexity index is 350. The second kappa shape index (κ2) is 8.92. The van der Waals surface area contributed by atoms with Crippen molar-refractivity contribution in [2.75, 3.05) is 6.54 Å². The van der Waals surface area contributed by atoms with Crippen LogP contribution >= 0.6 is 0 Å². The van der Waals surface area contributed by atoms with Gasteiger partial charge in [0, 0.05) is 12.6 Å². The maximum absolute atomic E-state index is 3.95. The van der Waals surface area contributed by atoms with Crippen molar-refractivity contribution in [2.24, 2.45) is 5.92 Å². The second-order valence-electron chi connectivity index (χ2n) is 5.66. The zero-order chi connectivity index (χ0) is 14.1. The predicted octanol–water partition coefficient (Wildman–Crippen LogP) is 4.37. The van der Waals surface area contributed by atoms with Crippen LogP contribution in [0.25, 0.3) is 0 Å². The minimum absolute atomic E-state index is 0.552. The van der Waals surface area contributed by atoms with Gasteiger partial charge < -0.3 is 5.32 Å². The minimum Gasteiger partial charge on any atom is -0.314 e. The number of hydrogen-bond acceptors (Lipinski definition) is 1. The summed E-state index contributed by atoms with van der Waals surface area (Å²) in [5, 5.41) is 3.49. The zero-order valence-electron chi connectivity index (χ0n) is 12.8. The van der Waals surface area contributed by atoms with Crippen LogP contribution in [0.15, 0.2) is 36.9 Å². The van der Waals surface area contributed by atoms with Crippen LogP contribution < -0.4 is 5.32 Å². The van der Waals surface area contributed by atoms with E-state index in [9.17, 15) is 0 Å². The van der Waals surface area contributed by atoms with Crippen molar-refractivity contribution in [3.8, 4) is 0 Å². The minimum atomic E-state index is 0.552. The van der Waals surface area contributed by atoms with Gasteiger partial charge in [0.1, 0.15) is 0 Å². The molecular formula is C18H29N. The summed E-state index contributed by atoms with van der Waals surface area (Å²) in [6, 6.07) is 9.65. The van der Waals surface area contributed by atoms with Crippen LogP contribution in [0.5, 0.6) is 0 Å². The van der Waals surface area contributed by atoms with Gasteiger partial charge in [0.15, 0.2) is 0 Å². The van der Waals surface area contributed by atoms with Crippen molar-refractivity contribution in [3.63, 3.8) is 0 Å². The molecule has 0 aliphatic rings. The molecule has 1 nitrogen and oxygen atoms in total. The molecule has 0 bridgehead atoms. The number of hydrogen-bond donors (Lipinski definition) is 1. The summed E-state index contributed by atoms with van der Waals surface area (Å²) in [5.74, 6) is 0.567. The van der Waals surface area contributed by atoms with E-state index in [0.29, 0.717) is 12.0 Å². The standard InChI is InChI=1S/C18H29N/c1-5-7-17-10-12-18(13-11-17)9-8-16(6-2)14-19-15(3)4/h6,10-13,15-16,19H,2,5,7-9,14H2,1,3-4H3. The van der Waals surface area contributed by atoms with Crippen LogP contribution in [0.4, 0.5) is 0 Å². The molecule has 1 heteroatoms. The highest BCUT2D eigenvalue weighted by Crippen LogP contribution is 2.12. The Morgan fingerprint density at radius 1 is 1.11 bits per heavy atom. The Kier molecular flexibility index (Phi) is 7.50. The highest BCUT2D eigenvalue weighted by Gasteiger charge is 2.05. The molecule has 0 saturated carbocycles. The predicted molar refractivity (Wildman–Crippen MR) is 85.6 cm³/mol. The van der Waals surface area contributed by atoms with E-state index in [1.807, 2.05) is 0 Å². The molecule has 1 unspecified atom stereocenters. The van der Waals surface area contributed by atoms with Crippen molar-refractivity contribution in [1.29, 1.82) is 0 Å². The molecule has 0 aromatic heterocycles. The van der Waals surface area contributed by atoms with Crippen molar-refractivity contribution < 1.29 is 0 Å². The van der Waals surface area contributed by atoms with Gasteiger partial charge in [-0.05, 0) is 36.3 Å². The van der Waals surface area contributed by atoms with Gasteiger partial charge >= 0.3 is 0 Å². The van der Waals surface area contributed by atoms with Gasteiger partial charge in [0.25, 0.3) is 0 Å². The Morgan fingerprint density at radius 2 is 1.68 bits per heavy atom. The second-order valence-corrected chi connectivity index (χ2v) is 5.66. The molecular weight excluding hydrogens is 230 g/mol. The third kappa shape index (κ3) is 6.58. The quantitative estimate of drug-likeness (QED) is 0.649. The first-order valence-corrected chi connectivity index (χ1v) is 7.59. The third-order valence-corrected chi connectivity index (χ3v) is 3.49. The molecule has 1 aromatic rings. The normalized spacial score (nSPS) is 12.6. The fourth-order valence-electron chi connectivity index (χ4n) is 2.20. The lowest BCUT2D eigenvalue weighted by molar-refractivity contribution is 0.488. The van der Waals surface area contributed by atoms with Crippen LogP contribution in [-0.4, -0.2) is 12.6 Å². The molecule has 19 heavy (non-hydrogen) atoms. The lowest BCUT2D eigenvalue weighted by Crippen LogP contribution is -2.28.